The highest BCUT2D eigenvalue weighted by Gasteiger charge is 2.03. The standard InChI is InChI=1S/C8H16O4S/c1-2-3-6-12-8(9)5-4-7-13(10)11/h2-7H2,1H3,(H,10,11). The Morgan fingerprint density at radius 3 is 2.69 bits per heavy atom. The minimum Gasteiger partial charge on any atom is -0.466 e. The fourth-order valence-corrected chi connectivity index (χ4v) is 1.13. The van der Waals surface area contributed by atoms with E-state index < -0.39 is 11.1 Å². The van der Waals surface area contributed by atoms with Gasteiger partial charge in [0.05, 0.1) is 6.61 Å². The van der Waals surface area contributed by atoms with Crippen molar-refractivity contribution in [3.05, 3.63) is 0 Å². The summed E-state index contributed by atoms with van der Waals surface area (Å²) in [6.07, 6.45) is 2.51. The predicted molar refractivity (Wildman–Crippen MR) is 50.7 cm³/mol. The summed E-state index contributed by atoms with van der Waals surface area (Å²) in [6.45, 7) is 2.47. The van der Waals surface area contributed by atoms with Gasteiger partial charge in [0, 0.05) is 12.2 Å². The average Bonchev–Trinajstić information content (AvgIpc) is 2.04. The normalized spacial score (nSPS) is 12.5. The Kier molecular flexibility index (Phi) is 7.93. The number of carbonyl (C=O) groups excluding carboxylic acids is 1. The van der Waals surface area contributed by atoms with Gasteiger partial charge in [0.15, 0.2) is 11.1 Å². The van der Waals surface area contributed by atoms with Crippen LogP contribution in [-0.4, -0.2) is 27.1 Å². The summed E-state index contributed by atoms with van der Waals surface area (Å²) in [7, 11) is 0. The van der Waals surface area contributed by atoms with Gasteiger partial charge in [0.2, 0.25) is 0 Å². The lowest BCUT2D eigenvalue weighted by Gasteiger charge is -2.02. The number of rotatable bonds is 7. The van der Waals surface area contributed by atoms with E-state index in [-0.39, 0.29) is 18.1 Å². The van der Waals surface area contributed by atoms with Gasteiger partial charge in [-0.15, -0.1) is 0 Å². The fourth-order valence-electron chi connectivity index (χ4n) is 0.742. The first kappa shape index (κ1) is 12.6. The van der Waals surface area contributed by atoms with E-state index in [2.05, 4.69) is 0 Å². The molecule has 0 amide bonds. The molecule has 0 fully saturated rings. The van der Waals surface area contributed by atoms with Crippen molar-refractivity contribution in [2.75, 3.05) is 12.4 Å². The Bertz CT molecular complexity index is 170. The first-order chi connectivity index (χ1) is 6.16. The highest BCUT2D eigenvalue weighted by atomic mass is 32.2. The van der Waals surface area contributed by atoms with Crippen LogP contribution in [0.2, 0.25) is 0 Å². The number of unbranched alkanes of at least 4 members (excludes halogenated alkanes) is 1. The zero-order valence-electron chi connectivity index (χ0n) is 7.82. The van der Waals surface area contributed by atoms with Gasteiger partial charge >= 0.3 is 5.97 Å². The summed E-state index contributed by atoms with van der Waals surface area (Å²) in [5.41, 5.74) is 0. The van der Waals surface area contributed by atoms with Crippen molar-refractivity contribution in [1.29, 1.82) is 0 Å². The molecule has 0 aromatic heterocycles. The van der Waals surface area contributed by atoms with Gasteiger partial charge < -0.3 is 9.29 Å². The molecular weight excluding hydrogens is 192 g/mol. The molecule has 4 nitrogen and oxygen atoms in total. The van der Waals surface area contributed by atoms with Crippen molar-refractivity contribution in [3.63, 3.8) is 0 Å². The number of ether oxygens (including phenoxy) is 1. The Morgan fingerprint density at radius 1 is 1.46 bits per heavy atom. The summed E-state index contributed by atoms with van der Waals surface area (Å²) in [6, 6.07) is 0. The molecule has 0 aliphatic rings. The quantitative estimate of drug-likeness (QED) is 0.389. The Morgan fingerprint density at radius 2 is 2.15 bits per heavy atom. The molecule has 0 heterocycles. The first-order valence-corrected chi connectivity index (χ1v) is 5.67. The van der Waals surface area contributed by atoms with Gasteiger partial charge in [0.25, 0.3) is 0 Å². The van der Waals surface area contributed by atoms with E-state index in [1.165, 1.54) is 0 Å². The maximum Gasteiger partial charge on any atom is 0.305 e. The Hall–Kier alpha value is -0.420. The third kappa shape index (κ3) is 9.49. The second-order valence-electron chi connectivity index (χ2n) is 2.70. The molecule has 0 radical (unpaired) electrons. The summed E-state index contributed by atoms with van der Waals surface area (Å²) < 4.78 is 23.4. The number of hydrogen-bond donors (Lipinski definition) is 1. The zero-order chi connectivity index (χ0) is 10.1. The first-order valence-electron chi connectivity index (χ1n) is 4.40. The molecule has 0 aromatic rings. The van der Waals surface area contributed by atoms with E-state index in [9.17, 15) is 9.00 Å². The minimum absolute atomic E-state index is 0.142. The fraction of sp³-hybridized carbons (Fsp3) is 0.875. The Labute approximate surface area is 80.9 Å². The molecule has 1 unspecified atom stereocenters. The van der Waals surface area contributed by atoms with Crippen molar-refractivity contribution in [3.8, 4) is 0 Å². The smallest absolute Gasteiger partial charge is 0.305 e. The molecule has 0 aliphatic carbocycles. The molecule has 0 aromatic carbocycles. The Balaban J connectivity index is 3.25. The van der Waals surface area contributed by atoms with E-state index in [4.69, 9.17) is 9.29 Å². The van der Waals surface area contributed by atoms with Crippen LogP contribution < -0.4 is 0 Å². The van der Waals surface area contributed by atoms with Crippen molar-refractivity contribution < 1.29 is 18.3 Å². The van der Waals surface area contributed by atoms with Crippen LogP contribution in [0.4, 0.5) is 0 Å². The maximum atomic E-state index is 10.9. The van der Waals surface area contributed by atoms with Crippen LogP contribution in [-0.2, 0) is 20.6 Å². The van der Waals surface area contributed by atoms with Crippen molar-refractivity contribution in [2.45, 2.75) is 32.6 Å². The molecule has 78 valence electrons. The minimum atomic E-state index is -1.80. The molecule has 0 saturated carbocycles. The average molecular weight is 208 g/mol. The van der Waals surface area contributed by atoms with E-state index in [0.29, 0.717) is 13.0 Å². The lowest BCUT2D eigenvalue weighted by Crippen LogP contribution is -2.07. The highest BCUT2D eigenvalue weighted by Crippen LogP contribution is 1.96. The summed E-state index contributed by atoms with van der Waals surface area (Å²) >= 11 is -1.80. The third-order valence-corrected chi connectivity index (χ3v) is 2.10. The summed E-state index contributed by atoms with van der Waals surface area (Å²) in [4.78, 5) is 10.9. The van der Waals surface area contributed by atoms with E-state index in [0.717, 1.165) is 12.8 Å². The van der Waals surface area contributed by atoms with Gasteiger partial charge in [-0.05, 0) is 12.8 Å². The molecule has 0 aliphatic heterocycles. The SMILES string of the molecule is CCCCOC(=O)CCCS(=O)O. The third-order valence-electron chi connectivity index (χ3n) is 1.46. The molecule has 1 atom stereocenters. The second-order valence-corrected chi connectivity index (χ2v) is 3.75. The number of hydrogen-bond acceptors (Lipinski definition) is 3. The van der Waals surface area contributed by atoms with E-state index in [1.807, 2.05) is 6.92 Å². The van der Waals surface area contributed by atoms with Gasteiger partial charge in [-0.2, -0.15) is 0 Å². The van der Waals surface area contributed by atoms with E-state index in [1.54, 1.807) is 0 Å². The lowest BCUT2D eigenvalue weighted by atomic mass is 10.3. The lowest BCUT2D eigenvalue weighted by molar-refractivity contribution is -0.143. The monoisotopic (exact) mass is 208 g/mol. The summed E-state index contributed by atoms with van der Waals surface area (Å²) in [5.74, 6) is -0.137. The largest absolute Gasteiger partial charge is 0.466 e. The molecule has 0 spiro atoms. The van der Waals surface area contributed by atoms with Crippen molar-refractivity contribution in [2.24, 2.45) is 0 Å². The molecule has 1 N–H and O–H groups in total. The van der Waals surface area contributed by atoms with Crippen LogP contribution >= 0.6 is 0 Å². The van der Waals surface area contributed by atoms with Crippen LogP contribution in [0.3, 0.4) is 0 Å². The van der Waals surface area contributed by atoms with Gasteiger partial charge in [0.1, 0.15) is 0 Å². The highest BCUT2D eigenvalue weighted by molar-refractivity contribution is 7.79. The van der Waals surface area contributed by atoms with Crippen LogP contribution in [0.1, 0.15) is 32.6 Å². The van der Waals surface area contributed by atoms with Gasteiger partial charge in [-0.3, -0.25) is 4.79 Å². The molecule has 5 heteroatoms. The van der Waals surface area contributed by atoms with Crippen LogP contribution in [0.25, 0.3) is 0 Å². The number of esters is 1. The molecular formula is C8H16O4S. The van der Waals surface area contributed by atoms with Crippen LogP contribution in [0.5, 0.6) is 0 Å². The van der Waals surface area contributed by atoms with Crippen molar-refractivity contribution >= 4 is 17.0 Å². The van der Waals surface area contributed by atoms with Crippen LogP contribution in [0.15, 0.2) is 0 Å². The van der Waals surface area contributed by atoms with E-state index >= 15 is 0 Å². The maximum absolute atomic E-state index is 10.9. The van der Waals surface area contributed by atoms with Crippen LogP contribution in [0, 0.1) is 0 Å². The molecule has 0 bridgehead atoms. The molecule has 0 rings (SSSR count). The second kappa shape index (κ2) is 8.19. The molecule has 13 heavy (non-hydrogen) atoms. The zero-order valence-corrected chi connectivity index (χ0v) is 8.64. The number of carbonyl (C=O) groups is 1. The van der Waals surface area contributed by atoms with Crippen molar-refractivity contribution in [1.82, 2.24) is 0 Å². The molecule has 0 saturated heterocycles. The summed E-state index contributed by atoms with van der Waals surface area (Å²) in [5, 5.41) is 0. The topological polar surface area (TPSA) is 63.6 Å². The predicted octanol–water partition coefficient (Wildman–Crippen LogP) is 1.33. The van der Waals surface area contributed by atoms with Gasteiger partial charge in [-0.25, -0.2) is 4.21 Å². The van der Waals surface area contributed by atoms with Gasteiger partial charge in [-0.1, -0.05) is 13.3 Å².